The summed E-state index contributed by atoms with van der Waals surface area (Å²) in [5, 5.41) is 20.4. The largest absolute Gasteiger partial charge is 0.405 e. The summed E-state index contributed by atoms with van der Waals surface area (Å²) in [5.74, 6) is -1.55. The molecule has 1 aliphatic rings. The molecule has 0 saturated heterocycles. The van der Waals surface area contributed by atoms with E-state index in [1.165, 1.54) is 6.07 Å². The molecule has 0 aromatic heterocycles. The highest BCUT2D eigenvalue weighted by Gasteiger charge is 2.39. The van der Waals surface area contributed by atoms with E-state index in [0.29, 0.717) is 6.54 Å². The van der Waals surface area contributed by atoms with E-state index >= 15 is 0 Å². The Morgan fingerprint density at radius 3 is 2.39 bits per heavy atom. The average molecular weight is 264 g/mol. The summed E-state index contributed by atoms with van der Waals surface area (Å²) in [6.45, 7) is 0.168. The molecule has 1 saturated carbocycles. The number of alkyl halides is 3. The number of hydrogen-bond donors (Lipinski definition) is 2. The zero-order valence-corrected chi connectivity index (χ0v) is 10.2. The molecule has 0 spiro atoms. The summed E-state index contributed by atoms with van der Waals surface area (Å²) in [6, 6.07) is 1.27. The van der Waals surface area contributed by atoms with Gasteiger partial charge in [0.05, 0.1) is 6.07 Å². The first-order valence-electron chi connectivity index (χ1n) is 6.27. The van der Waals surface area contributed by atoms with E-state index in [-0.39, 0.29) is 25.0 Å². The first kappa shape index (κ1) is 15.3. The molecule has 3 nitrogen and oxygen atoms in total. The standard InChI is InChI=1S/C12H19F3N2O/c13-12(14,15)11(5-16)7-17-6-9-3-1-2-4-10(9)8-18/h9-11,17-18H,1-4,6-8H2. The van der Waals surface area contributed by atoms with Crippen molar-refractivity contribution in [1.29, 1.82) is 5.26 Å². The second-order valence-electron chi connectivity index (χ2n) is 4.87. The van der Waals surface area contributed by atoms with Crippen LogP contribution in [0.25, 0.3) is 0 Å². The van der Waals surface area contributed by atoms with Gasteiger partial charge < -0.3 is 10.4 Å². The molecular weight excluding hydrogens is 245 g/mol. The molecule has 0 aromatic carbocycles. The molecule has 0 bridgehead atoms. The molecular formula is C12H19F3N2O. The van der Waals surface area contributed by atoms with E-state index in [4.69, 9.17) is 5.26 Å². The zero-order chi connectivity index (χ0) is 13.6. The predicted molar refractivity (Wildman–Crippen MR) is 60.6 cm³/mol. The van der Waals surface area contributed by atoms with Gasteiger partial charge in [-0.3, -0.25) is 0 Å². The molecule has 1 aliphatic carbocycles. The molecule has 1 rings (SSSR count). The van der Waals surface area contributed by atoms with Crippen LogP contribution in [0.1, 0.15) is 25.7 Å². The van der Waals surface area contributed by atoms with Crippen LogP contribution in [0.5, 0.6) is 0 Å². The maximum atomic E-state index is 12.3. The third-order valence-corrected chi connectivity index (χ3v) is 3.61. The summed E-state index contributed by atoms with van der Waals surface area (Å²) in [5.41, 5.74) is 0. The number of aliphatic hydroxyl groups excluding tert-OH is 1. The quantitative estimate of drug-likeness (QED) is 0.799. The first-order chi connectivity index (χ1) is 8.49. The van der Waals surface area contributed by atoms with Gasteiger partial charge in [-0.05, 0) is 31.2 Å². The van der Waals surface area contributed by atoms with Gasteiger partial charge in [0.25, 0.3) is 0 Å². The maximum Gasteiger partial charge on any atom is 0.405 e. The minimum atomic E-state index is -4.47. The van der Waals surface area contributed by atoms with E-state index in [2.05, 4.69) is 5.32 Å². The monoisotopic (exact) mass is 264 g/mol. The van der Waals surface area contributed by atoms with Crippen LogP contribution in [0, 0.1) is 29.1 Å². The van der Waals surface area contributed by atoms with Gasteiger partial charge in [-0.2, -0.15) is 18.4 Å². The van der Waals surface area contributed by atoms with E-state index in [0.717, 1.165) is 25.7 Å². The summed E-state index contributed by atoms with van der Waals surface area (Å²) < 4.78 is 37.0. The van der Waals surface area contributed by atoms with Crippen molar-refractivity contribution < 1.29 is 18.3 Å². The van der Waals surface area contributed by atoms with Crippen LogP contribution in [0.2, 0.25) is 0 Å². The number of nitrogens with zero attached hydrogens (tertiary/aromatic N) is 1. The first-order valence-corrected chi connectivity index (χ1v) is 6.27. The minimum Gasteiger partial charge on any atom is -0.396 e. The fourth-order valence-electron chi connectivity index (χ4n) is 2.44. The van der Waals surface area contributed by atoms with Gasteiger partial charge in [0.2, 0.25) is 0 Å². The number of aliphatic hydroxyl groups is 1. The van der Waals surface area contributed by atoms with Crippen LogP contribution in [0.15, 0.2) is 0 Å². The van der Waals surface area contributed by atoms with Crippen molar-refractivity contribution in [2.45, 2.75) is 31.9 Å². The summed E-state index contributed by atoms with van der Waals surface area (Å²) in [7, 11) is 0. The average Bonchev–Trinajstić information content (AvgIpc) is 2.33. The Hall–Kier alpha value is -0.800. The lowest BCUT2D eigenvalue weighted by molar-refractivity contribution is -0.157. The van der Waals surface area contributed by atoms with Crippen molar-refractivity contribution in [2.24, 2.45) is 17.8 Å². The lowest BCUT2D eigenvalue weighted by atomic mass is 9.79. The highest BCUT2D eigenvalue weighted by Crippen LogP contribution is 2.29. The molecule has 6 heteroatoms. The highest BCUT2D eigenvalue weighted by atomic mass is 19.4. The van der Waals surface area contributed by atoms with Crippen LogP contribution in [-0.2, 0) is 0 Å². The topological polar surface area (TPSA) is 56.0 Å². The third kappa shape index (κ3) is 4.46. The van der Waals surface area contributed by atoms with Crippen LogP contribution in [-0.4, -0.2) is 31.0 Å². The molecule has 3 unspecified atom stereocenters. The van der Waals surface area contributed by atoms with Gasteiger partial charge in [-0.15, -0.1) is 0 Å². The fourth-order valence-corrected chi connectivity index (χ4v) is 2.44. The fraction of sp³-hybridized carbons (Fsp3) is 0.917. The predicted octanol–water partition coefficient (Wildman–Crippen LogP) is 2.08. The van der Waals surface area contributed by atoms with Crippen LogP contribution >= 0.6 is 0 Å². The van der Waals surface area contributed by atoms with Crippen molar-refractivity contribution in [3.05, 3.63) is 0 Å². The maximum absolute atomic E-state index is 12.3. The number of nitriles is 1. The Labute approximate surface area is 105 Å². The molecule has 3 atom stereocenters. The van der Waals surface area contributed by atoms with E-state index in [9.17, 15) is 18.3 Å². The molecule has 1 fully saturated rings. The zero-order valence-electron chi connectivity index (χ0n) is 10.2. The van der Waals surface area contributed by atoms with Crippen molar-refractivity contribution in [1.82, 2.24) is 5.32 Å². The molecule has 18 heavy (non-hydrogen) atoms. The Balaban J connectivity index is 2.34. The molecule has 0 amide bonds. The third-order valence-electron chi connectivity index (χ3n) is 3.61. The Morgan fingerprint density at radius 2 is 1.89 bits per heavy atom. The second kappa shape index (κ2) is 6.95. The van der Waals surface area contributed by atoms with Crippen molar-refractivity contribution in [2.75, 3.05) is 19.7 Å². The van der Waals surface area contributed by atoms with E-state index in [1.54, 1.807) is 0 Å². The molecule has 2 N–H and O–H groups in total. The van der Waals surface area contributed by atoms with Crippen LogP contribution < -0.4 is 5.32 Å². The van der Waals surface area contributed by atoms with Gasteiger partial charge in [0.15, 0.2) is 5.92 Å². The number of halogens is 3. The van der Waals surface area contributed by atoms with Gasteiger partial charge >= 0.3 is 6.18 Å². The lowest BCUT2D eigenvalue weighted by Crippen LogP contribution is -2.37. The molecule has 0 aliphatic heterocycles. The Kier molecular flexibility index (Phi) is 5.89. The number of rotatable bonds is 5. The highest BCUT2D eigenvalue weighted by molar-refractivity contribution is 4.90. The van der Waals surface area contributed by atoms with Crippen molar-refractivity contribution in [3.63, 3.8) is 0 Å². The van der Waals surface area contributed by atoms with Gasteiger partial charge in [-0.25, -0.2) is 0 Å². The van der Waals surface area contributed by atoms with Crippen molar-refractivity contribution >= 4 is 0 Å². The van der Waals surface area contributed by atoms with Gasteiger partial charge in [0, 0.05) is 13.2 Å². The molecule has 0 radical (unpaired) electrons. The van der Waals surface area contributed by atoms with Gasteiger partial charge in [-0.1, -0.05) is 12.8 Å². The van der Waals surface area contributed by atoms with E-state index in [1.807, 2.05) is 0 Å². The summed E-state index contributed by atoms with van der Waals surface area (Å²) in [4.78, 5) is 0. The number of hydrogen-bond acceptors (Lipinski definition) is 3. The smallest absolute Gasteiger partial charge is 0.396 e. The lowest BCUT2D eigenvalue weighted by Gasteiger charge is -2.30. The summed E-state index contributed by atoms with van der Waals surface area (Å²) in [6.07, 6.45) is -0.467. The number of nitrogens with one attached hydrogen (secondary N) is 1. The van der Waals surface area contributed by atoms with Crippen LogP contribution in [0.4, 0.5) is 13.2 Å². The van der Waals surface area contributed by atoms with Gasteiger partial charge in [0.1, 0.15) is 0 Å². The minimum absolute atomic E-state index is 0.0906. The molecule has 104 valence electrons. The second-order valence-corrected chi connectivity index (χ2v) is 4.87. The van der Waals surface area contributed by atoms with E-state index < -0.39 is 12.1 Å². The molecule has 0 heterocycles. The van der Waals surface area contributed by atoms with Crippen molar-refractivity contribution in [3.8, 4) is 6.07 Å². The summed E-state index contributed by atoms with van der Waals surface area (Å²) >= 11 is 0. The van der Waals surface area contributed by atoms with Crippen LogP contribution in [0.3, 0.4) is 0 Å². The Bertz CT molecular complexity index is 288. The molecule has 0 aromatic rings. The Morgan fingerprint density at radius 1 is 1.28 bits per heavy atom. The SMILES string of the molecule is N#CC(CNCC1CCCCC1CO)C(F)(F)F. The normalized spacial score (nSPS) is 26.6.